The number of amides is 1. The van der Waals surface area contributed by atoms with Gasteiger partial charge in [0.2, 0.25) is 5.91 Å². The predicted octanol–water partition coefficient (Wildman–Crippen LogP) is 2.69. The highest BCUT2D eigenvalue weighted by atomic mass is 32.1. The van der Waals surface area contributed by atoms with Gasteiger partial charge in [0.1, 0.15) is 11.9 Å². The second-order valence-corrected chi connectivity index (χ2v) is 19.0. The van der Waals surface area contributed by atoms with Gasteiger partial charge in [0.25, 0.3) is 0 Å². The predicted molar refractivity (Wildman–Crippen MR) is 238 cm³/mol. The van der Waals surface area contributed by atoms with Crippen molar-refractivity contribution in [3.63, 3.8) is 0 Å². The Bertz CT molecular complexity index is 1490. The maximum atomic E-state index is 13.9. The van der Waals surface area contributed by atoms with Gasteiger partial charge in [-0.3, -0.25) is 14.5 Å². The van der Waals surface area contributed by atoms with Gasteiger partial charge in [-0.2, -0.15) is 0 Å². The molecule has 344 valence electrons. The Kier molecular flexibility index (Phi) is 20.3. The van der Waals surface area contributed by atoms with E-state index in [1.54, 1.807) is 27.7 Å². The molecule has 14 atom stereocenters. The topological polar surface area (TPSA) is 202 Å². The van der Waals surface area contributed by atoms with Crippen LogP contribution >= 0.6 is 12.2 Å². The molecule has 0 bridgehead atoms. The van der Waals surface area contributed by atoms with E-state index in [2.05, 4.69) is 22.3 Å². The molecule has 1 aromatic rings. The van der Waals surface area contributed by atoms with Crippen molar-refractivity contribution in [3.8, 4) is 0 Å². The Morgan fingerprint density at radius 2 is 1.70 bits per heavy atom. The average molecular weight is 866 g/mol. The van der Waals surface area contributed by atoms with E-state index < -0.39 is 71.6 Å². The zero-order chi connectivity index (χ0) is 45.1. The summed E-state index contributed by atoms with van der Waals surface area (Å²) >= 11 is 5.79. The number of nitrogens with two attached hydrogens (primary N) is 1. The summed E-state index contributed by atoms with van der Waals surface area (Å²) in [7, 11) is 3.76. The third-order valence-corrected chi connectivity index (χ3v) is 13.6. The van der Waals surface area contributed by atoms with Crippen LogP contribution in [-0.2, 0) is 25.5 Å². The number of carbonyl (C=O) groups is 2. The number of aliphatic hydroxyl groups is 5. The van der Waals surface area contributed by atoms with Gasteiger partial charge < -0.3 is 55.9 Å². The molecule has 14 nitrogen and oxygen atoms in total. The van der Waals surface area contributed by atoms with Crippen LogP contribution in [0.15, 0.2) is 30.3 Å². The zero-order valence-electron chi connectivity index (χ0n) is 38.0. The number of hydrogen-bond acceptors (Lipinski definition) is 12. The number of carbonyl (C=O) groups excluding carboxylic acids is 2. The maximum absolute atomic E-state index is 13.9. The second-order valence-electron chi connectivity index (χ2n) is 18.6. The molecule has 0 aromatic heterocycles. The van der Waals surface area contributed by atoms with Crippen molar-refractivity contribution in [2.45, 2.75) is 160 Å². The first-order valence-corrected chi connectivity index (χ1v) is 22.5. The summed E-state index contributed by atoms with van der Waals surface area (Å²) in [4.78, 5) is 31.7. The highest BCUT2D eigenvalue weighted by Crippen LogP contribution is 2.38. The van der Waals surface area contributed by atoms with Crippen LogP contribution in [0.5, 0.6) is 0 Å². The number of likely N-dealkylation sites (N-methyl/N-ethyl adjacent to an activating group) is 1. The van der Waals surface area contributed by atoms with E-state index >= 15 is 0 Å². The standard InChI is InChI=1S/C45H79N5O9S/c1-11-34-25-36(51)30(4)38(53)31(5)41(59-42-39(54)35(48(9)10)24-29(3)58-42)44(7,56)26-28(2)27-50(32(6)40(55)45(34,8)57)22-15-21-49(23-19-37(46)52)43(60)47-20-18-33-16-13-12-14-17-33/h12-14,16-17,28-32,34-35,38-42,53-57H,11,15,18-27H2,1-10H3,(H2,46,52)(H,47,60)/t28-,29-,30+,31+,32-,34+,35+,38-,39-,40-,41-,42+,44-,45-/m1/s1. The van der Waals surface area contributed by atoms with E-state index in [4.69, 9.17) is 27.4 Å². The molecule has 60 heavy (non-hydrogen) atoms. The fraction of sp³-hybridized carbons (Fsp3) is 0.800. The molecule has 0 spiro atoms. The van der Waals surface area contributed by atoms with E-state index in [0.717, 1.165) is 6.42 Å². The summed E-state index contributed by atoms with van der Waals surface area (Å²) in [6.07, 6.45) is -3.36. The van der Waals surface area contributed by atoms with Crippen LogP contribution in [0.4, 0.5) is 0 Å². The Morgan fingerprint density at radius 3 is 2.30 bits per heavy atom. The Hall–Kier alpha value is -2.31. The van der Waals surface area contributed by atoms with Crippen LogP contribution in [0.25, 0.3) is 0 Å². The molecule has 15 heteroatoms. The molecule has 2 saturated heterocycles. The van der Waals surface area contributed by atoms with Crippen LogP contribution < -0.4 is 11.1 Å². The third-order valence-electron chi connectivity index (χ3n) is 13.2. The summed E-state index contributed by atoms with van der Waals surface area (Å²) < 4.78 is 12.7. The van der Waals surface area contributed by atoms with E-state index in [-0.39, 0.29) is 43.1 Å². The number of nitrogens with zero attached hydrogens (tertiary/aromatic N) is 3. The molecule has 2 fully saturated rings. The molecule has 0 radical (unpaired) electrons. The quantitative estimate of drug-likeness (QED) is 0.135. The van der Waals surface area contributed by atoms with Crippen molar-refractivity contribution >= 4 is 29.0 Å². The lowest BCUT2D eigenvalue weighted by molar-refractivity contribution is -0.299. The molecule has 0 aliphatic carbocycles. The number of hydrogen-bond donors (Lipinski definition) is 7. The van der Waals surface area contributed by atoms with Gasteiger partial charge in [0, 0.05) is 69.5 Å². The van der Waals surface area contributed by atoms with Crippen molar-refractivity contribution in [3.05, 3.63) is 35.9 Å². The molecular weight excluding hydrogens is 787 g/mol. The maximum Gasteiger partial charge on any atom is 0.219 e. The van der Waals surface area contributed by atoms with E-state index in [0.29, 0.717) is 57.1 Å². The fourth-order valence-electron chi connectivity index (χ4n) is 9.43. The summed E-state index contributed by atoms with van der Waals surface area (Å²) in [6, 6.07) is 9.22. The summed E-state index contributed by atoms with van der Waals surface area (Å²) in [5.74, 6) is -3.21. The van der Waals surface area contributed by atoms with Crippen LogP contribution in [0.2, 0.25) is 0 Å². The highest BCUT2D eigenvalue weighted by Gasteiger charge is 2.49. The Balaban J connectivity index is 1.95. The summed E-state index contributed by atoms with van der Waals surface area (Å²) in [5.41, 5.74) is 3.48. The van der Waals surface area contributed by atoms with Gasteiger partial charge >= 0.3 is 0 Å². The summed E-state index contributed by atoms with van der Waals surface area (Å²) in [5, 5.41) is 63.6. The number of Topliss-reactive ketones (excluding diaryl/α,β-unsaturated/α-hetero) is 1. The molecular formula is C45H79N5O9S. The monoisotopic (exact) mass is 866 g/mol. The number of nitrogens with one attached hydrogen (secondary N) is 1. The van der Waals surface area contributed by atoms with E-state index in [1.807, 2.05) is 69.8 Å². The number of rotatable bonds is 14. The highest BCUT2D eigenvalue weighted by molar-refractivity contribution is 7.80. The molecule has 3 rings (SSSR count). The molecule has 1 amide bonds. The normalized spacial score (nSPS) is 36.6. The third kappa shape index (κ3) is 14.4. The first-order valence-electron chi connectivity index (χ1n) is 22.1. The lowest BCUT2D eigenvalue weighted by Gasteiger charge is -2.47. The molecule has 2 heterocycles. The van der Waals surface area contributed by atoms with Gasteiger partial charge in [0.15, 0.2) is 11.4 Å². The number of benzene rings is 1. The van der Waals surface area contributed by atoms with Crippen molar-refractivity contribution in [2.24, 2.45) is 29.4 Å². The number of ketones is 1. The van der Waals surface area contributed by atoms with Gasteiger partial charge in [0.05, 0.1) is 35.6 Å². The number of aliphatic hydroxyl groups excluding tert-OH is 3. The number of ether oxygens (including phenoxy) is 2. The van der Waals surface area contributed by atoms with Gasteiger partial charge in [-0.1, -0.05) is 64.4 Å². The van der Waals surface area contributed by atoms with Crippen molar-refractivity contribution in [2.75, 3.05) is 46.8 Å². The lowest BCUT2D eigenvalue weighted by atomic mass is 9.74. The van der Waals surface area contributed by atoms with Crippen molar-refractivity contribution in [1.29, 1.82) is 0 Å². The van der Waals surface area contributed by atoms with Crippen molar-refractivity contribution < 1.29 is 44.6 Å². The number of thiocarbonyl (C=S) groups is 1. The van der Waals surface area contributed by atoms with Gasteiger partial charge in [-0.15, -0.1) is 0 Å². The molecule has 2 aliphatic heterocycles. The Morgan fingerprint density at radius 1 is 1.05 bits per heavy atom. The van der Waals surface area contributed by atoms with Crippen LogP contribution in [0.1, 0.15) is 99.5 Å². The van der Waals surface area contributed by atoms with Crippen LogP contribution in [0.3, 0.4) is 0 Å². The molecule has 2 aliphatic rings. The minimum atomic E-state index is -1.66. The van der Waals surface area contributed by atoms with Crippen molar-refractivity contribution in [1.82, 2.24) is 20.0 Å². The Labute approximate surface area is 365 Å². The van der Waals surface area contributed by atoms with Gasteiger partial charge in [-0.05, 0) is 97.1 Å². The molecule has 0 unspecified atom stereocenters. The smallest absolute Gasteiger partial charge is 0.219 e. The minimum Gasteiger partial charge on any atom is -0.392 e. The number of primary amides is 1. The van der Waals surface area contributed by atoms with E-state index in [1.165, 1.54) is 5.56 Å². The molecule has 1 aromatic carbocycles. The average Bonchev–Trinajstić information content (AvgIpc) is 3.18. The molecule has 0 saturated carbocycles. The fourth-order valence-corrected chi connectivity index (χ4v) is 9.71. The molecule has 8 N–H and O–H groups in total. The minimum absolute atomic E-state index is 0.0768. The second kappa shape index (κ2) is 23.4. The zero-order valence-corrected chi connectivity index (χ0v) is 38.8. The first-order chi connectivity index (χ1) is 28.0. The largest absolute Gasteiger partial charge is 0.392 e. The van der Waals surface area contributed by atoms with Crippen LogP contribution in [0, 0.1) is 23.7 Å². The van der Waals surface area contributed by atoms with E-state index in [9.17, 15) is 35.1 Å². The van der Waals surface area contributed by atoms with Gasteiger partial charge in [-0.25, -0.2) is 0 Å². The lowest BCUT2D eigenvalue weighted by Crippen LogP contribution is -2.59. The SMILES string of the molecule is CC[C@H]1CC(=O)[C@H](C)[C@@H](O)[C@H](C)[C@@H](O[C@@H]2O[C@H](C)C[C@H](N(C)C)[C@H]2O)[C@](C)(O)C[C@@H](C)CN(CCCN(CCC(N)=O)C(=S)NCCc2ccccc2)[C@H](C)[C@@H](O)[C@]1(C)O. The van der Waals surface area contributed by atoms with Crippen LogP contribution in [-0.4, -0.2) is 164 Å². The first kappa shape index (κ1) is 52.0. The summed E-state index contributed by atoms with van der Waals surface area (Å²) in [6.45, 7) is 16.6.